The quantitative estimate of drug-likeness (QED) is 0.556. The average molecular weight is 487 g/mol. The van der Waals surface area contributed by atoms with Crippen molar-refractivity contribution in [1.82, 2.24) is 14.9 Å². The molecule has 1 aliphatic rings. The van der Waals surface area contributed by atoms with E-state index in [-0.39, 0.29) is 16.7 Å². The number of nitrogens with zero attached hydrogens (tertiary/aromatic N) is 1. The molecule has 8 nitrogen and oxygen atoms in total. The molecule has 0 aromatic heterocycles. The van der Waals surface area contributed by atoms with Crippen molar-refractivity contribution in [3.8, 4) is 0 Å². The second-order valence-electron chi connectivity index (χ2n) is 9.11. The molecule has 184 valence electrons. The summed E-state index contributed by atoms with van der Waals surface area (Å²) in [6.45, 7) is 9.13. The Morgan fingerprint density at radius 2 is 1.74 bits per heavy atom. The topological polar surface area (TPSA) is 108 Å². The maximum absolute atomic E-state index is 12.7. The van der Waals surface area contributed by atoms with E-state index in [1.807, 2.05) is 43.9 Å². The van der Waals surface area contributed by atoms with Crippen LogP contribution in [0.3, 0.4) is 0 Å². The van der Waals surface area contributed by atoms with Crippen molar-refractivity contribution in [3.05, 3.63) is 59.2 Å². The zero-order chi connectivity index (χ0) is 24.9. The lowest BCUT2D eigenvalue weighted by molar-refractivity contribution is -0.125. The van der Waals surface area contributed by atoms with Crippen LogP contribution in [-0.2, 0) is 14.8 Å². The minimum absolute atomic E-state index is 0.0771. The van der Waals surface area contributed by atoms with E-state index in [2.05, 4.69) is 15.4 Å². The van der Waals surface area contributed by atoms with Gasteiger partial charge in [-0.2, -0.15) is 0 Å². The Morgan fingerprint density at radius 1 is 1.06 bits per heavy atom. The smallest absolute Gasteiger partial charge is 0.307 e. The fourth-order valence-corrected chi connectivity index (χ4v) is 5.25. The monoisotopic (exact) mass is 486 g/mol. The van der Waals surface area contributed by atoms with Crippen LogP contribution in [0.5, 0.6) is 0 Å². The predicted molar refractivity (Wildman–Crippen MR) is 133 cm³/mol. The number of nitrogens with one attached hydrogen (secondary N) is 3. The zero-order valence-corrected chi connectivity index (χ0v) is 21.0. The van der Waals surface area contributed by atoms with Crippen molar-refractivity contribution >= 4 is 27.6 Å². The van der Waals surface area contributed by atoms with Gasteiger partial charge in [-0.15, -0.1) is 0 Å². The minimum atomic E-state index is -3.58. The van der Waals surface area contributed by atoms with Crippen molar-refractivity contribution in [1.29, 1.82) is 0 Å². The second kappa shape index (κ2) is 11.1. The molecule has 1 saturated heterocycles. The molecule has 2 aromatic rings. The van der Waals surface area contributed by atoms with Crippen LogP contribution in [0.1, 0.15) is 36.5 Å². The number of imide groups is 1. The van der Waals surface area contributed by atoms with E-state index in [4.69, 9.17) is 0 Å². The molecule has 0 bridgehead atoms. The van der Waals surface area contributed by atoms with Crippen molar-refractivity contribution < 1.29 is 18.0 Å². The number of urea groups is 1. The minimum Gasteiger partial charge on any atom is -0.307 e. The van der Waals surface area contributed by atoms with E-state index in [1.165, 1.54) is 0 Å². The molecule has 1 aliphatic heterocycles. The zero-order valence-electron chi connectivity index (χ0n) is 20.2. The van der Waals surface area contributed by atoms with Gasteiger partial charge >= 0.3 is 6.03 Å². The van der Waals surface area contributed by atoms with Crippen LogP contribution in [-0.4, -0.2) is 50.9 Å². The van der Waals surface area contributed by atoms with E-state index in [0.717, 1.165) is 29.5 Å². The summed E-state index contributed by atoms with van der Waals surface area (Å²) in [5.41, 5.74) is 3.66. The predicted octanol–water partition coefficient (Wildman–Crippen LogP) is 3.34. The summed E-state index contributed by atoms with van der Waals surface area (Å²) < 4.78 is 27.9. The molecule has 9 heteroatoms. The molecule has 0 saturated carbocycles. The first kappa shape index (κ1) is 25.9. The Balaban J connectivity index is 1.51. The number of sulfonamides is 1. The van der Waals surface area contributed by atoms with E-state index in [9.17, 15) is 18.0 Å². The van der Waals surface area contributed by atoms with Crippen molar-refractivity contribution in [2.45, 2.75) is 51.5 Å². The third kappa shape index (κ3) is 6.88. The van der Waals surface area contributed by atoms with Gasteiger partial charge in [-0.05, 0) is 76.8 Å². The fourth-order valence-electron chi connectivity index (χ4n) is 4.13. The van der Waals surface area contributed by atoms with Crippen molar-refractivity contribution in [2.75, 3.05) is 25.0 Å². The fraction of sp³-hybridized carbons (Fsp3) is 0.440. The van der Waals surface area contributed by atoms with Gasteiger partial charge in [0.2, 0.25) is 15.9 Å². The molecular formula is C25H34N4O4S. The van der Waals surface area contributed by atoms with Crippen LogP contribution in [0, 0.1) is 26.7 Å². The highest BCUT2D eigenvalue weighted by Crippen LogP contribution is 2.20. The van der Waals surface area contributed by atoms with E-state index in [0.29, 0.717) is 25.3 Å². The Labute approximate surface area is 202 Å². The standard InChI is InChI=1S/C25H34N4O4S/c1-17-7-10-22(11-8-17)34(32,33)26-15-21-6-5-13-29(16-21)20(4)24(30)28-25(31)27-23-12-9-18(2)14-19(23)3/h7-12,14,20-21,26H,5-6,13,15-16H2,1-4H3,(H2,27,28,30,31). The van der Waals surface area contributed by atoms with Crippen LogP contribution in [0.2, 0.25) is 0 Å². The summed E-state index contributed by atoms with van der Waals surface area (Å²) in [4.78, 5) is 27.3. The lowest BCUT2D eigenvalue weighted by Gasteiger charge is -2.36. The summed E-state index contributed by atoms with van der Waals surface area (Å²) in [6, 6.07) is 11.3. The molecule has 2 atom stereocenters. The Hall–Kier alpha value is -2.75. The second-order valence-corrected chi connectivity index (χ2v) is 10.9. The molecule has 2 unspecified atom stereocenters. The van der Waals surface area contributed by atoms with Gasteiger partial charge in [0, 0.05) is 18.8 Å². The lowest BCUT2D eigenvalue weighted by Crippen LogP contribution is -2.52. The number of rotatable bonds is 7. The Morgan fingerprint density at radius 3 is 2.41 bits per heavy atom. The molecule has 0 aliphatic carbocycles. The van der Waals surface area contributed by atoms with E-state index >= 15 is 0 Å². The third-order valence-corrected chi connectivity index (χ3v) is 7.68. The Bertz CT molecular complexity index is 1130. The molecule has 1 fully saturated rings. The summed E-state index contributed by atoms with van der Waals surface area (Å²) in [5, 5.41) is 5.15. The number of benzene rings is 2. The number of piperidine rings is 1. The van der Waals surface area contributed by atoms with Crippen molar-refractivity contribution in [3.63, 3.8) is 0 Å². The summed E-state index contributed by atoms with van der Waals surface area (Å²) in [5.74, 6) is -0.309. The normalized spacial score (nSPS) is 17.7. The maximum atomic E-state index is 12.7. The van der Waals surface area contributed by atoms with E-state index in [1.54, 1.807) is 31.2 Å². The van der Waals surface area contributed by atoms with Gasteiger partial charge in [-0.1, -0.05) is 35.4 Å². The lowest BCUT2D eigenvalue weighted by atomic mass is 9.97. The van der Waals surface area contributed by atoms with Crippen LogP contribution >= 0.6 is 0 Å². The summed E-state index contributed by atoms with van der Waals surface area (Å²) in [6.07, 6.45) is 1.72. The van der Waals surface area contributed by atoms with Crippen molar-refractivity contribution in [2.24, 2.45) is 5.92 Å². The van der Waals surface area contributed by atoms with Crippen LogP contribution in [0.25, 0.3) is 0 Å². The summed E-state index contributed by atoms with van der Waals surface area (Å²) >= 11 is 0. The van der Waals surface area contributed by atoms with Crippen LogP contribution in [0.4, 0.5) is 10.5 Å². The van der Waals surface area contributed by atoms with Crippen LogP contribution in [0.15, 0.2) is 47.4 Å². The third-order valence-electron chi connectivity index (χ3n) is 6.24. The number of aryl methyl sites for hydroxylation is 3. The number of anilines is 1. The largest absolute Gasteiger partial charge is 0.325 e. The maximum Gasteiger partial charge on any atom is 0.325 e. The highest BCUT2D eigenvalue weighted by atomic mass is 32.2. The van der Waals surface area contributed by atoms with Gasteiger partial charge in [0.25, 0.3) is 0 Å². The molecule has 0 radical (unpaired) electrons. The van der Waals surface area contributed by atoms with Gasteiger partial charge in [0.1, 0.15) is 0 Å². The van der Waals surface area contributed by atoms with E-state index < -0.39 is 22.1 Å². The first-order valence-corrected chi connectivity index (χ1v) is 13.0. The molecule has 34 heavy (non-hydrogen) atoms. The number of hydrogen-bond acceptors (Lipinski definition) is 5. The molecule has 0 spiro atoms. The first-order chi connectivity index (χ1) is 16.0. The van der Waals surface area contributed by atoms with Gasteiger partial charge in [-0.25, -0.2) is 17.9 Å². The average Bonchev–Trinajstić information content (AvgIpc) is 2.79. The number of likely N-dealkylation sites (tertiary alicyclic amines) is 1. The number of hydrogen-bond donors (Lipinski definition) is 3. The van der Waals surface area contributed by atoms with Crippen LogP contribution < -0.4 is 15.4 Å². The van der Waals surface area contributed by atoms with Gasteiger partial charge in [0.15, 0.2) is 0 Å². The number of amides is 3. The Kier molecular flexibility index (Phi) is 8.46. The molecule has 2 aromatic carbocycles. The molecular weight excluding hydrogens is 452 g/mol. The van der Waals surface area contributed by atoms with Gasteiger partial charge in [-0.3, -0.25) is 15.0 Å². The first-order valence-electron chi connectivity index (χ1n) is 11.5. The SMILES string of the molecule is Cc1ccc(S(=O)(=O)NCC2CCCN(C(C)C(=O)NC(=O)Nc3ccc(C)cc3C)C2)cc1. The highest BCUT2D eigenvalue weighted by molar-refractivity contribution is 7.89. The van der Waals surface area contributed by atoms with Gasteiger partial charge in [0.05, 0.1) is 10.9 Å². The number of carbonyl (C=O) groups is 2. The highest BCUT2D eigenvalue weighted by Gasteiger charge is 2.29. The molecule has 3 rings (SSSR count). The molecule has 3 amide bonds. The molecule has 1 heterocycles. The summed E-state index contributed by atoms with van der Waals surface area (Å²) in [7, 11) is -3.58. The molecule has 3 N–H and O–H groups in total. The number of carbonyl (C=O) groups excluding carboxylic acids is 2. The van der Waals surface area contributed by atoms with Gasteiger partial charge < -0.3 is 5.32 Å².